The van der Waals surface area contributed by atoms with Gasteiger partial charge in [0.05, 0.1) is 6.61 Å². The molecule has 1 saturated carbocycles. The smallest absolute Gasteiger partial charge is 0.213 e. The molecule has 0 radical (unpaired) electrons. The molecule has 2 aliphatic carbocycles. The summed E-state index contributed by atoms with van der Waals surface area (Å²) in [6, 6.07) is 3.91. The van der Waals surface area contributed by atoms with Crippen molar-refractivity contribution in [1.29, 1.82) is 0 Å². The fourth-order valence-electron chi connectivity index (χ4n) is 4.73. The van der Waals surface area contributed by atoms with E-state index in [1.54, 1.807) is 0 Å². The second-order valence-electron chi connectivity index (χ2n) is 7.87. The van der Waals surface area contributed by atoms with Crippen LogP contribution in [-0.4, -0.2) is 41.2 Å². The molecule has 136 valence electrons. The molecule has 4 rings (SSSR count). The first-order chi connectivity index (χ1) is 12.3. The molecule has 1 aromatic rings. The van der Waals surface area contributed by atoms with Gasteiger partial charge in [0.15, 0.2) is 0 Å². The molecule has 4 heteroatoms. The van der Waals surface area contributed by atoms with Gasteiger partial charge < -0.3 is 14.7 Å². The zero-order chi connectivity index (χ0) is 17.1. The molecular formula is C21H30N2O2. The second-order valence-corrected chi connectivity index (χ2v) is 7.87. The van der Waals surface area contributed by atoms with Crippen LogP contribution < -0.4 is 15.3 Å². The number of aliphatic hydroxyl groups is 1. The van der Waals surface area contributed by atoms with Crippen LogP contribution in [0.3, 0.4) is 0 Å². The van der Waals surface area contributed by atoms with Gasteiger partial charge in [-0.3, -0.25) is 0 Å². The van der Waals surface area contributed by atoms with Crippen molar-refractivity contribution in [3.8, 4) is 5.88 Å². The Labute approximate surface area is 150 Å². The quantitative estimate of drug-likeness (QED) is 0.807. The molecule has 25 heavy (non-hydrogen) atoms. The number of likely N-dealkylation sites (tertiary alicyclic amines) is 1. The van der Waals surface area contributed by atoms with Crippen molar-refractivity contribution < 1.29 is 9.84 Å². The number of fused-ring (bicyclic) bond motifs is 2. The van der Waals surface area contributed by atoms with E-state index >= 15 is 0 Å². The lowest BCUT2D eigenvalue weighted by molar-refractivity contribution is 0.134. The molecule has 0 amide bonds. The van der Waals surface area contributed by atoms with E-state index in [0.29, 0.717) is 30.0 Å². The highest BCUT2D eigenvalue weighted by Crippen LogP contribution is 2.37. The summed E-state index contributed by atoms with van der Waals surface area (Å²) in [6.45, 7) is 4.52. The number of ether oxygens (including phenoxy) is 1. The minimum absolute atomic E-state index is 0.387. The fourth-order valence-corrected chi connectivity index (χ4v) is 4.73. The van der Waals surface area contributed by atoms with Crippen LogP contribution in [0.25, 0.3) is 11.8 Å². The third-order valence-corrected chi connectivity index (χ3v) is 6.16. The number of hydrogen-bond acceptors (Lipinski definition) is 4. The highest BCUT2D eigenvalue weighted by atomic mass is 16.5. The lowest BCUT2D eigenvalue weighted by atomic mass is 9.88. The molecule has 0 spiro atoms. The molecule has 1 saturated heterocycles. The Balaban J connectivity index is 1.20. The average molecular weight is 342 g/mol. The highest BCUT2D eigenvalue weighted by molar-refractivity contribution is 5.42. The maximum absolute atomic E-state index is 9.98. The summed E-state index contributed by atoms with van der Waals surface area (Å²) in [5.41, 5.74) is 0. The van der Waals surface area contributed by atoms with E-state index in [2.05, 4.69) is 16.0 Å². The predicted octanol–water partition coefficient (Wildman–Crippen LogP) is 2.60. The lowest BCUT2D eigenvalue weighted by Crippen LogP contribution is -2.38. The summed E-state index contributed by atoms with van der Waals surface area (Å²) in [4.78, 5) is 7.13. The summed E-state index contributed by atoms with van der Waals surface area (Å²) in [7, 11) is 0. The van der Waals surface area contributed by atoms with Crippen molar-refractivity contribution in [3.05, 3.63) is 22.7 Å². The molecule has 2 fully saturated rings. The molecule has 0 bridgehead atoms. The van der Waals surface area contributed by atoms with E-state index < -0.39 is 0 Å². The van der Waals surface area contributed by atoms with Crippen LogP contribution in [0, 0.1) is 11.8 Å². The van der Waals surface area contributed by atoms with Gasteiger partial charge in [0.1, 0.15) is 11.1 Å². The molecule has 4 nitrogen and oxygen atoms in total. The fraction of sp³-hybridized carbons (Fsp3) is 0.667. The molecule has 2 unspecified atom stereocenters. The standard InChI is InChI=1S/C21H30N2O2/c24-19-8-4-6-17-9-10-20(22-21(17)19)25-14-2-1-12-23-13-11-16-5-3-7-18(16)15-23/h6,9-10,16,18,24H,1-5,7-8,11-15H2. The normalized spacial score (nSPS) is 26.0. The van der Waals surface area contributed by atoms with E-state index in [9.17, 15) is 5.11 Å². The largest absolute Gasteiger partial charge is 0.510 e. The SMILES string of the molecule is OC1=c2nc(OCCCCN3CCC4CCCC4C3)ccc2=CCC1. The van der Waals surface area contributed by atoms with Gasteiger partial charge in [-0.1, -0.05) is 18.9 Å². The van der Waals surface area contributed by atoms with Crippen molar-refractivity contribution in [2.75, 3.05) is 26.2 Å². The summed E-state index contributed by atoms with van der Waals surface area (Å²) >= 11 is 0. The molecule has 0 aromatic carbocycles. The van der Waals surface area contributed by atoms with Gasteiger partial charge in [0, 0.05) is 19.0 Å². The molecule has 1 aromatic heterocycles. The first kappa shape index (κ1) is 16.9. The van der Waals surface area contributed by atoms with Gasteiger partial charge in [-0.15, -0.1) is 0 Å². The van der Waals surface area contributed by atoms with Gasteiger partial charge in [-0.25, -0.2) is 4.98 Å². The minimum Gasteiger partial charge on any atom is -0.510 e. The highest BCUT2D eigenvalue weighted by Gasteiger charge is 2.32. The number of hydrogen-bond donors (Lipinski definition) is 1. The first-order valence-electron chi connectivity index (χ1n) is 10.0. The summed E-state index contributed by atoms with van der Waals surface area (Å²) in [5, 5.41) is 11.7. The molecule has 2 atom stereocenters. The molecule has 1 N–H and O–H groups in total. The zero-order valence-corrected chi connectivity index (χ0v) is 15.1. The Morgan fingerprint density at radius 2 is 2.08 bits per heavy atom. The number of unbranched alkanes of at least 4 members (excludes halogenated alkanes) is 1. The van der Waals surface area contributed by atoms with Crippen LogP contribution in [0.15, 0.2) is 12.1 Å². The number of nitrogens with zero attached hydrogens (tertiary/aromatic N) is 2. The van der Waals surface area contributed by atoms with Gasteiger partial charge >= 0.3 is 0 Å². The molecular weight excluding hydrogens is 312 g/mol. The molecule has 2 heterocycles. The van der Waals surface area contributed by atoms with Crippen LogP contribution in [0.1, 0.15) is 51.4 Å². The van der Waals surface area contributed by atoms with Crippen molar-refractivity contribution in [2.24, 2.45) is 11.8 Å². The molecule has 1 aliphatic heterocycles. The Morgan fingerprint density at radius 1 is 1.16 bits per heavy atom. The average Bonchev–Trinajstić information content (AvgIpc) is 3.10. The zero-order valence-electron chi connectivity index (χ0n) is 15.1. The van der Waals surface area contributed by atoms with E-state index in [0.717, 1.165) is 29.9 Å². The van der Waals surface area contributed by atoms with E-state index in [4.69, 9.17) is 4.74 Å². The molecule has 3 aliphatic rings. The summed E-state index contributed by atoms with van der Waals surface area (Å²) in [5.74, 6) is 3.02. The Morgan fingerprint density at radius 3 is 3.04 bits per heavy atom. The Hall–Kier alpha value is -1.55. The summed E-state index contributed by atoms with van der Waals surface area (Å²) in [6.07, 6.45) is 11.7. The first-order valence-corrected chi connectivity index (χ1v) is 10.0. The third-order valence-electron chi connectivity index (χ3n) is 6.16. The second kappa shape index (κ2) is 7.77. The monoisotopic (exact) mass is 342 g/mol. The Bertz CT molecular complexity index is 715. The van der Waals surface area contributed by atoms with Crippen LogP contribution in [0.2, 0.25) is 0 Å². The van der Waals surface area contributed by atoms with Gasteiger partial charge in [-0.2, -0.15) is 0 Å². The van der Waals surface area contributed by atoms with Crippen LogP contribution in [0.4, 0.5) is 0 Å². The van der Waals surface area contributed by atoms with E-state index in [1.165, 1.54) is 51.7 Å². The maximum Gasteiger partial charge on any atom is 0.213 e. The number of aliphatic hydroxyl groups excluding tert-OH is 1. The van der Waals surface area contributed by atoms with Crippen molar-refractivity contribution in [2.45, 2.75) is 51.4 Å². The number of pyridine rings is 1. The van der Waals surface area contributed by atoms with Crippen molar-refractivity contribution in [1.82, 2.24) is 9.88 Å². The number of aromatic nitrogens is 1. The maximum atomic E-state index is 9.98. The van der Waals surface area contributed by atoms with Crippen LogP contribution in [-0.2, 0) is 0 Å². The van der Waals surface area contributed by atoms with E-state index in [1.807, 2.05) is 12.1 Å². The van der Waals surface area contributed by atoms with Crippen molar-refractivity contribution >= 4 is 11.8 Å². The minimum atomic E-state index is 0.387. The van der Waals surface area contributed by atoms with E-state index in [-0.39, 0.29) is 0 Å². The van der Waals surface area contributed by atoms with Crippen molar-refractivity contribution in [3.63, 3.8) is 0 Å². The van der Waals surface area contributed by atoms with Gasteiger partial charge in [0.25, 0.3) is 0 Å². The summed E-state index contributed by atoms with van der Waals surface area (Å²) < 4.78 is 5.81. The number of piperidine rings is 1. The Kier molecular flexibility index (Phi) is 5.25. The lowest BCUT2D eigenvalue weighted by Gasteiger charge is -2.35. The topological polar surface area (TPSA) is 45.6 Å². The van der Waals surface area contributed by atoms with Gasteiger partial charge in [0.2, 0.25) is 5.88 Å². The predicted molar refractivity (Wildman–Crippen MR) is 99.8 cm³/mol. The van der Waals surface area contributed by atoms with Crippen LogP contribution >= 0.6 is 0 Å². The number of rotatable bonds is 6. The van der Waals surface area contributed by atoms with Crippen LogP contribution in [0.5, 0.6) is 5.88 Å². The third kappa shape index (κ3) is 4.00. The van der Waals surface area contributed by atoms with Gasteiger partial charge in [-0.05, 0) is 68.3 Å².